The molecule has 1 aromatic carbocycles. The van der Waals surface area contributed by atoms with Crippen LogP contribution < -0.4 is 14.8 Å². The lowest BCUT2D eigenvalue weighted by molar-refractivity contribution is -0.144. The van der Waals surface area contributed by atoms with Gasteiger partial charge in [0.25, 0.3) is 5.91 Å². The summed E-state index contributed by atoms with van der Waals surface area (Å²) in [6.07, 6.45) is -0.399. The number of carbonyl (C=O) groups excluding carboxylic acids is 1. The molecule has 2 rings (SSSR count). The second-order valence-electron chi connectivity index (χ2n) is 4.95. The molecule has 6 heteroatoms. The zero-order valence-corrected chi connectivity index (χ0v) is 12.7. The van der Waals surface area contributed by atoms with Crippen molar-refractivity contribution in [2.45, 2.75) is 12.6 Å². The highest BCUT2D eigenvalue weighted by Gasteiger charge is 2.24. The van der Waals surface area contributed by atoms with Gasteiger partial charge in [-0.05, 0) is 17.7 Å². The number of amides is 1. The van der Waals surface area contributed by atoms with E-state index in [0.29, 0.717) is 31.2 Å². The molecule has 0 aliphatic carbocycles. The Balaban J connectivity index is 2.01. The first-order valence-corrected chi connectivity index (χ1v) is 6.94. The van der Waals surface area contributed by atoms with Gasteiger partial charge in [0.1, 0.15) is 6.10 Å². The Bertz CT molecular complexity index is 487. The van der Waals surface area contributed by atoms with Crippen LogP contribution in [0.25, 0.3) is 0 Å². The van der Waals surface area contributed by atoms with Crippen LogP contribution in [-0.4, -0.2) is 57.9 Å². The lowest BCUT2D eigenvalue weighted by Gasteiger charge is -2.27. The van der Waals surface area contributed by atoms with E-state index in [2.05, 4.69) is 5.32 Å². The largest absolute Gasteiger partial charge is 0.493 e. The first-order valence-electron chi connectivity index (χ1n) is 6.94. The average Bonchev–Trinajstić information content (AvgIpc) is 2.54. The Morgan fingerprint density at radius 1 is 1.38 bits per heavy atom. The van der Waals surface area contributed by atoms with Crippen LogP contribution in [0, 0.1) is 0 Å². The summed E-state index contributed by atoms with van der Waals surface area (Å²) in [5, 5.41) is 3.16. The predicted molar refractivity (Wildman–Crippen MR) is 78.6 cm³/mol. The van der Waals surface area contributed by atoms with E-state index in [1.165, 1.54) is 0 Å². The molecular weight excluding hydrogens is 272 g/mol. The normalized spacial score (nSPS) is 18.1. The van der Waals surface area contributed by atoms with Gasteiger partial charge in [-0.2, -0.15) is 0 Å². The number of ether oxygens (including phenoxy) is 3. The van der Waals surface area contributed by atoms with Gasteiger partial charge in [0.2, 0.25) is 0 Å². The fourth-order valence-corrected chi connectivity index (χ4v) is 2.30. The van der Waals surface area contributed by atoms with E-state index in [-0.39, 0.29) is 5.91 Å². The average molecular weight is 294 g/mol. The minimum atomic E-state index is -0.399. The number of benzene rings is 1. The molecule has 0 spiro atoms. The van der Waals surface area contributed by atoms with E-state index in [0.717, 1.165) is 12.1 Å². The summed E-state index contributed by atoms with van der Waals surface area (Å²) in [6.45, 7) is 2.43. The fraction of sp³-hybridized carbons (Fsp3) is 0.533. The Morgan fingerprint density at radius 3 is 2.76 bits per heavy atom. The van der Waals surface area contributed by atoms with Crippen molar-refractivity contribution in [3.63, 3.8) is 0 Å². The minimum absolute atomic E-state index is 0.0167. The Kier molecular flexibility index (Phi) is 5.41. The predicted octanol–water partition coefficient (Wildman–Crippen LogP) is 0.651. The lowest BCUT2D eigenvalue weighted by atomic mass is 10.1. The van der Waals surface area contributed by atoms with E-state index in [1.54, 1.807) is 26.2 Å². The van der Waals surface area contributed by atoms with Gasteiger partial charge < -0.3 is 24.4 Å². The van der Waals surface area contributed by atoms with Gasteiger partial charge in [0, 0.05) is 26.7 Å². The molecule has 0 saturated carbocycles. The fourth-order valence-electron chi connectivity index (χ4n) is 2.30. The Hall–Kier alpha value is -1.79. The van der Waals surface area contributed by atoms with Crippen molar-refractivity contribution < 1.29 is 19.0 Å². The number of hydrogen-bond acceptors (Lipinski definition) is 5. The highest BCUT2D eigenvalue weighted by Crippen LogP contribution is 2.28. The monoisotopic (exact) mass is 294 g/mol. The molecule has 1 atom stereocenters. The van der Waals surface area contributed by atoms with Gasteiger partial charge in [-0.3, -0.25) is 4.79 Å². The lowest BCUT2D eigenvalue weighted by Crippen LogP contribution is -2.48. The van der Waals surface area contributed by atoms with Crippen LogP contribution in [0.15, 0.2) is 18.2 Å². The highest BCUT2D eigenvalue weighted by atomic mass is 16.5. The molecule has 1 aromatic rings. The van der Waals surface area contributed by atoms with E-state index >= 15 is 0 Å². The van der Waals surface area contributed by atoms with Gasteiger partial charge in [-0.1, -0.05) is 6.07 Å². The summed E-state index contributed by atoms with van der Waals surface area (Å²) in [6, 6.07) is 5.64. The molecule has 0 aromatic heterocycles. The second kappa shape index (κ2) is 7.28. The molecule has 6 nitrogen and oxygen atoms in total. The smallest absolute Gasteiger partial charge is 0.253 e. The number of morpholine rings is 1. The summed E-state index contributed by atoms with van der Waals surface area (Å²) in [5.41, 5.74) is 0.979. The molecule has 1 unspecified atom stereocenters. The van der Waals surface area contributed by atoms with E-state index < -0.39 is 6.10 Å². The maximum atomic E-state index is 12.3. The van der Waals surface area contributed by atoms with Crippen molar-refractivity contribution in [3.05, 3.63) is 23.8 Å². The molecule has 21 heavy (non-hydrogen) atoms. The Morgan fingerprint density at radius 2 is 2.14 bits per heavy atom. The third-order valence-corrected chi connectivity index (χ3v) is 3.45. The van der Waals surface area contributed by atoms with Gasteiger partial charge in [-0.15, -0.1) is 0 Å². The number of nitrogens with zero attached hydrogens (tertiary/aromatic N) is 1. The molecule has 1 amide bonds. The molecule has 1 fully saturated rings. The molecule has 1 heterocycles. The van der Waals surface area contributed by atoms with Crippen LogP contribution in [0.3, 0.4) is 0 Å². The van der Waals surface area contributed by atoms with Crippen molar-refractivity contribution in [2.24, 2.45) is 0 Å². The van der Waals surface area contributed by atoms with Crippen LogP contribution in [0.4, 0.5) is 0 Å². The van der Waals surface area contributed by atoms with Crippen molar-refractivity contribution in [2.75, 3.05) is 41.0 Å². The number of nitrogens with one attached hydrogen (secondary N) is 1. The van der Waals surface area contributed by atoms with Crippen molar-refractivity contribution in [1.29, 1.82) is 0 Å². The SMILES string of the molecule is COc1ccc(CN(C)C(=O)C2CNCCO2)cc1OC. The van der Waals surface area contributed by atoms with E-state index in [4.69, 9.17) is 14.2 Å². The quantitative estimate of drug-likeness (QED) is 0.864. The summed E-state index contributed by atoms with van der Waals surface area (Å²) >= 11 is 0. The number of likely N-dealkylation sites (N-methyl/N-ethyl adjacent to an activating group) is 1. The molecule has 1 N–H and O–H groups in total. The van der Waals surface area contributed by atoms with Gasteiger partial charge >= 0.3 is 0 Å². The van der Waals surface area contributed by atoms with Crippen molar-refractivity contribution in [1.82, 2.24) is 10.2 Å². The molecule has 0 radical (unpaired) electrons. The second-order valence-corrected chi connectivity index (χ2v) is 4.95. The van der Waals surface area contributed by atoms with E-state index in [9.17, 15) is 4.79 Å². The molecule has 1 aliphatic rings. The van der Waals surface area contributed by atoms with Gasteiger partial charge in [0.05, 0.1) is 20.8 Å². The van der Waals surface area contributed by atoms with Crippen molar-refractivity contribution >= 4 is 5.91 Å². The molecule has 1 aliphatic heterocycles. The number of methoxy groups -OCH3 is 2. The standard InChI is InChI=1S/C15H22N2O4/c1-17(15(18)14-9-16-6-7-21-14)10-11-4-5-12(19-2)13(8-11)20-3/h4-5,8,14,16H,6-7,9-10H2,1-3H3. The maximum Gasteiger partial charge on any atom is 0.253 e. The van der Waals surface area contributed by atoms with Crippen LogP contribution in [0.5, 0.6) is 11.5 Å². The summed E-state index contributed by atoms with van der Waals surface area (Å²) < 4.78 is 16.0. The summed E-state index contributed by atoms with van der Waals surface area (Å²) in [5.74, 6) is 1.32. The van der Waals surface area contributed by atoms with Crippen LogP contribution in [0.1, 0.15) is 5.56 Å². The van der Waals surface area contributed by atoms with Crippen LogP contribution >= 0.6 is 0 Å². The van der Waals surface area contributed by atoms with Gasteiger partial charge in [0.15, 0.2) is 11.5 Å². The molecule has 116 valence electrons. The molecule has 1 saturated heterocycles. The van der Waals surface area contributed by atoms with Crippen LogP contribution in [-0.2, 0) is 16.1 Å². The topological polar surface area (TPSA) is 60.0 Å². The van der Waals surface area contributed by atoms with Crippen molar-refractivity contribution in [3.8, 4) is 11.5 Å². The third-order valence-electron chi connectivity index (χ3n) is 3.45. The first kappa shape index (κ1) is 15.6. The maximum absolute atomic E-state index is 12.3. The molecular formula is C15H22N2O4. The zero-order chi connectivity index (χ0) is 15.2. The minimum Gasteiger partial charge on any atom is -0.493 e. The highest BCUT2D eigenvalue weighted by molar-refractivity contribution is 5.81. The van der Waals surface area contributed by atoms with Crippen LogP contribution in [0.2, 0.25) is 0 Å². The number of rotatable bonds is 5. The van der Waals surface area contributed by atoms with E-state index in [1.807, 2.05) is 18.2 Å². The zero-order valence-electron chi connectivity index (χ0n) is 12.7. The summed E-state index contributed by atoms with van der Waals surface area (Å²) in [4.78, 5) is 14.0. The number of carbonyl (C=O) groups is 1. The summed E-state index contributed by atoms with van der Waals surface area (Å²) in [7, 11) is 4.97. The number of hydrogen-bond donors (Lipinski definition) is 1. The first-order chi connectivity index (χ1) is 10.2. The van der Waals surface area contributed by atoms with Gasteiger partial charge in [-0.25, -0.2) is 0 Å². The molecule has 0 bridgehead atoms. The third kappa shape index (κ3) is 3.86. The Labute approximate surface area is 125 Å².